The molecule has 7 atom stereocenters. The first-order valence-corrected chi connectivity index (χ1v) is 12.0. The van der Waals surface area contributed by atoms with Crippen LogP contribution in [0.3, 0.4) is 0 Å². The van der Waals surface area contributed by atoms with Crippen molar-refractivity contribution in [1.82, 2.24) is 4.90 Å². The topological polar surface area (TPSA) is 172 Å². The lowest BCUT2D eigenvalue weighted by atomic mass is 9.50. The second-order valence-corrected chi connectivity index (χ2v) is 10.0. The molecular weight excluding hydrogens is 490 g/mol. The average Bonchev–Trinajstić information content (AvgIpc) is 3.22. The highest BCUT2D eigenvalue weighted by Crippen LogP contribution is 2.65. The monoisotopic (exact) mass is 519 g/mol. The molecule has 1 unspecified atom stereocenters. The molecule has 2 bridgehead atoms. The number of benzene rings is 1. The second-order valence-electron chi connectivity index (χ2n) is 10.0. The number of aliphatic hydroxyl groups excluding tert-OH is 2. The number of aliphatic hydroxyl groups is 3. The summed E-state index contributed by atoms with van der Waals surface area (Å²) in [7, 11) is 3.46. The van der Waals surface area contributed by atoms with Gasteiger partial charge in [0.2, 0.25) is 0 Å². The minimum atomic E-state index is -2.37. The zero-order chi connectivity index (χ0) is 26.9. The third-order valence-corrected chi connectivity index (χ3v) is 8.20. The van der Waals surface area contributed by atoms with Gasteiger partial charge in [-0.15, -0.1) is 0 Å². The van der Waals surface area contributed by atoms with Gasteiger partial charge in [0.15, 0.2) is 35.9 Å². The first-order valence-electron chi connectivity index (χ1n) is 12.0. The van der Waals surface area contributed by atoms with E-state index >= 15 is 0 Å². The number of carboxylic acids is 1. The van der Waals surface area contributed by atoms with E-state index in [1.807, 2.05) is 13.1 Å². The summed E-state index contributed by atoms with van der Waals surface area (Å²) in [5.41, 5.74) is -0.374. The van der Waals surface area contributed by atoms with E-state index in [1.165, 1.54) is 13.2 Å². The molecule has 37 heavy (non-hydrogen) atoms. The lowest BCUT2D eigenvalue weighted by molar-refractivity contribution is -0.182. The molecule has 0 saturated carbocycles. The molecule has 1 aromatic rings. The molecule has 0 amide bonds. The Balaban J connectivity index is 1.46. The Labute approximate surface area is 212 Å². The molecule has 12 nitrogen and oxygen atoms in total. The molecule has 4 N–H and O–H groups in total. The van der Waals surface area contributed by atoms with E-state index in [0.717, 1.165) is 18.1 Å². The molecule has 12 heteroatoms. The summed E-state index contributed by atoms with van der Waals surface area (Å²) in [5, 5.41) is 41.4. The van der Waals surface area contributed by atoms with Crippen molar-refractivity contribution >= 4 is 17.9 Å². The number of hydrogen-bond acceptors (Lipinski definition) is 11. The molecule has 1 fully saturated rings. The number of hydrogen-bond donors (Lipinski definition) is 4. The maximum atomic E-state index is 12.8. The van der Waals surface area contributed by atoms with Gasteiger partial charge < -0.3 is 44.3 Å². The number of likely N-dealkylation sites (N-methyl/N-ethyl adjacent to an activating group) is 1. The quantitative estimate of drug-likeness (QED) is 0.333. The summed E-state index contributed by atoms with van der Waals surface area (Å²) in [6.07, 6.45) is -4.49. The van der Waals surface area contributed by atoms with Crippen molar-refractivity contribution in [2.45, 2.75) is 67.7 Å². The molecule has 2 aliphatic carbocycles. The molecule has 1 saturated heterocycles. The van der Waals surface area contributed by atoms with Crippen LogP contribution in [0.25, 0.3) is 0 Å². The summed E-state index contributed by atoms with van der Waals surface area (Å²) in [5.74, 6) is -3.35. The third kappa shape index (κ3) is 3.46. The highest BCUT2D eigenvalue weighted by atomic mass is 16.6. The van der Waals surface area contributed by atoms with Crippen LogP contribution in [0.2, 0.25) is 0 Å². The highest BCUT2D eigenvalue weighted by molar-refractivity contribution is 5.87. The number of carboxylic acid groups (broad SMARTS) is 1. The van der Waals surface area contributed by atoms with Gasteiger partial charge in [-0.3, -0.25) is 0 Å². The maximum Gasteiger partial charge on any atom is 0.344 e. The highest BCUT2D eigenvalue weighted by Gasteiger charge is 2.72. The van der Waals surface area contributed by atoms with Crippen LogP contribution in [0.15, 0.2) is 24.0 Å². The molecule has 1 spiro atoms. The molecule has 4 aliphatic rings. The predicted molar refractivity (Wildman–Crippen MR) is 123 cm³/mol. The number of ether oxygens (including phenoxy) is 4. The van der Waals surface area contributed by atoms with Gasteiger partial charge in [0, 0.05) is 18.0 Å². The van der Waals surface area contributed by atoms with Crippen molar-refractivity contribution < 1.29 is 53.8 Å². The summed E-state index contributed by atoms with van der Waals surface area (Å²) in [6.45, 7) is 1.71. The van der Waals surface area contributed by atoms with Crippen LogP contribution in [-0.4, -0.2) is 100.0 Å². The van der Waals surface area contributed by atoms with E-state index in [-0.39, 0.29) is 18.2 Å². The molecular formula is C25H29NO11. The van der Waals surface area contributed by atoms with Gasteiger partial charge in [0.05, 0.1) is 18.1 Å². The van der Waals surface area contributed by atoms with Gasteiger partial charge in [-0.05, 0) is 51.1 Å². The van der Waals surface area contributed by atoms with Crippen LogP contribution in [-0.2, 0) is 35.7 Å². The number of rotatable bonds is 7. The standard InChI is InChI=1S/C25H29NO11/c1-11(21(29)30)35-22(31)17(27)18(28)23(32)36-14-6-7-25(33)15-10-12-4-5-13(34-3)19-16(12)24(25,20(14)37-19)8-9-26(15)2/h4-6,11,15,17-18,20,27-28,33H,7-10H2,1-3H3,(H,29,30)/t11?,15-,17-,18-,20+,24+,25-/m1/s1. The van der Waals surface area contributed by atoms with E-state index in [0.29, 0.717) is 30.9 Å². The second kappa shape index (κ2) is 8.69. The van der Waals surface area contributed by atoms with Crippen LogP contribution < -0.4 is 9.47 Å². The van der Waals surface area contributed by atoms with Crippen molar-refractivity contribution in [1.29, 1.82) is 0 Å². The minimum Gasteiger partial charge on any atom is -0.493 e. The van der Waals surface area contributed by atoms with E-state index in [4.69, 9.17) is 19.3 Å². The lowest BCUT2D eigenvalue weighted by Crippen LogP contribution is -2.74. The van der Waals surface area contributed by atoms with Gasteiger partial charge in [0.1, 0.15) is 5.76 Å². The van der Waals surface area contributed by atoms with Crippen molar-refractivity contribution in [2.24, 2.45) is 0 Å². The van der Waals surface area contributed by atoms with E-state index in [2.05, 4.69) is 9.64 Å². The van der Waals surface area contributed by atoms with Crippen molar-refractivity contribution in [3.63, 3.8) is 0 Å². The third-order valence-electron chi connectivity index (χ3n) is 8.20. The van der Waals surface area contributed by atoms with Crippen LogP contribution in [0.5, 0.6) is 11.5 Å². The summed E-state index contributed by atoms with van der Waals surface area (Å²) < 4.78 is 21.8. The van der Waals surface area contributed by atoms with E-state index in [9.17, 15) is 29.7 Å². The minimum absolute atomic E-state index is 0.0302. The normalized spacial score (nSPS) is 31.7. The largest absolute Gasteiger partial charge is 0.493 e. The fourth-order valence-corrected chi connectivity index (χ4v) is 6.32. The summed E-state index contributed by atoms with van der Waals surface area (Å²) >= 11 is 0. The predicted octanol–water partition coefficient (Wildman–Crippen LogP) is -0.746. The number of carbonyl (C=O) groups excluding carboxylic acids is 2. The Morgan fingerprint density at radius 1 is 1.19 bits per heavy atom. The zero-order valence-corrected chi connectivity index (χ0v) is 20.5. The molecule has 2 heterocycles. The molecule has 200 valence electrons. The molecule has 1 aromatic carbocycles. The fourth-order valence-electron chi connectivity index (χ4n) is 6.32. The van der Waals surface area contributed by atoms with Crippen LogP contribution in [0.1, 0.15) is 30.9 Å². The van der Waals surface area contributed by atoms with Gasteiger partial charge >= 0.3 is 17.9 Å². The van der Waals surface area contributed by atoms with E-state index in [1.54, 1.807) is 6.07 Å². The smallest absolute Gasteiger partial charge is 0.344 e. The number of likely N-dealkylation sites (tertiary alicyclic amines) is 1. The zero-order valence-electron chi connectivity index (χ0n) is 20.5. The number of carbonyl (C=O) groups is 3. The van der Waals surface area contributed by atoms with Gasteiger partial charge in [-0.1, -0.05) is 6.07 Å². The lowest BCUT2D eigenvalue weighted by Gasteiger charge is -2.61. The number of piperidine rings is 1. The summed E-state index contributed by atoms with van der Waals surface area (Å²) in [4.78, 5) is 37.8. The van der Waals surface area contributed by atoms with Crippen LogP contribution in [0, 0.1) is 0 Å². The first kappa shape index (κ1) is 25.5. The molecule has 2 aliphatic heterocycles. The van der Waals surface area contributed by atoms with Crippen LogP contribution >= 0.6 is 0 Å². The number of aliphatic carboxylic acids is 1. The maximum absolute atomic E-state index is 12.8. The molecule has 0 radical (unpaired) electrons. The van der Waals surface area contributed by atoms with Crippen molar-refractivity contribution in [3.05, 3.63) is 35.1 Å². The number of methoxy groups -OCH3 is 1. The van der Waals surface area contributed by atoms with Gasteiger partial charge in [-0.2, -0.15) is 0 Å². The Morgan fingerprint density at radius 3 is 2.57 bits per heavy atom. The Morgan fingerprint density at radius 2 is 1.89 bits per heavy atom. The SMILES string of the molecule is COc1ccc2c3c1O[C@H]1C(OC(=O)[C@H](O)[C@@H](O)C(=O)OC(C)C(=O)O)=CC[C@@]4(O)[C@@H](C2)N(C)CC[C@]314. The van der Waals surface area contributed by atoms with Crippen LogP contribution in [0.4, 0.5) is 0 Å². The first-order chi connectivity index (χ1) is 17.5. The number of esters is 2. The Hall–Kier alpha value is -3.19. The van der Waals surface area contributed by atoms with Crippen molar-refractivity contribution in [3.8, 4) is 11.5 Å². The number of nitrogens with zero attached hydrogens (tertiary/aromatic N) is 1. The van der Waals surface area contributed by atoms with Crippen molar-refractivity contribution in [2.75, 3.05) is 20.7 Å². The van der Waals surface area contributed by atoms with Gasteiger partial charge in [0.25, 0.3) is 0 Å². The van der Waals surface area contributed by atoms with Gasteiger partial charge in [-0.25, -0.2) is 14.4 Å². The Bertz CT molecular complexity index is 1200. The molecule has 0 aromatic heterocycles. The van der Waals surface area contributed by atoms with E-state index < -0.39 is 53.3 Å². The average molecular weight is 520 g/mol. The molecule has 5 rings (SSSR count). The Kier molecular flexibility index (Phi) is 5.98. The summed E-state index contributed by atoms with van der Waals surface area (Å²) in [6, 6.07) is 3.53. The fraction of sp³-hybridized carbons (Fsp3) is 0.560.